The van der Waals surface area contributed by atoms with E-state index in [0.29, 0.717) is 17.9 Å². The van der Waals surface area contributed by atoms with Crippen LogP contribution in [0.5, 0.6) is 11.5 Å². The van der Waals surface area contributed by atoms with Gasteiger partial charge in [-0.2, -0.15) is 13.2 Å². The van der Waals surface area contributed by atoms with Crippen LogP contribution in [0.4, 0.5) is 13.2 Å². The summed E-state index contributed by atoms with van der Waals surface area (Å²) in [4.78, 5) is 4.60. The monoisotopic (exact) mass is 395 g/mol. The van der Waals surface area contributed by atoms with Crippen molar-refractivity contribution in [1.82, 2.24) is 0 Å². The summed E-state index contributed by atoms with van der Waals surface area (Å²) < 4.78 is 48.8. The molecule has 3 nitrogen and oxygen atoms in total. The van der Waals surface area contributed by atoms with Gasteiger partial charge >= 0.3 is 6.18 Å². The first-order chi connectivity index (χ1) is 12.4. The van der Waals surface area contributed by atoms with E-state index in [1.54, 1.807) is 6.08 Å². The minimum absolute atomic E-state index is 0. The number of aliphatic imine (C=N–C) groups is 1. The second-order valence-corrected chi connectivity index (χ2v) is 6.37. The molecule has 2 aliphatic rings. The van der Waals surface area contributed by atoms with E-state index in [0.717, 1.165) is 34.7 Å². The third-order valence-electron chi connectivity index (χ3n) is 4.56. The number of benzene rings is 2. The first-order valence-corrected chi connectivity index (χ1v) is 8.25. The Labute approximate surface area is 160 Å². The summed E-state index contributed by atoms with van der Waals surface area (Å²) >= 11 is 0. The zero-order valence-corrected chi connectivity index (χ0v) is 15.2. The zero-order valence-electron chi connectivity index (χ0n) is 14.4. The second-order valence-electron chi connectivity index (χ2n) is 6.37. The third kappa shape index (κ3) is 3.81. The van der Waals surface area contributed by atoms with Gasteiger partial charge in [-0.05, 0) is 41.5 Å². The van der Waals surface area contributed by atoms with Gasteiger partial charge in [0.15, 0.2) is 11.5 Å². The smallest absolute Gasteiger partial charge is 0.416 e. The topological polar surface area (TPSA) is 30.8 Å². The molecule has 2 aromatic rings. The van der Waals surface area contributed by atoms with E-state index in [1.807, 2.05) is 18.2 Å². The van der Waals surface area contributed by atoms with Crippen LogP contribution < -0.4 is 9.47 Å². The van der Waals surface area contributed by atoms with Crippen LogP contribution in [-0.4, -0.2) is 19.0 Å². The summed E-state index contributed by atoms with van der Waals surface area (Å²) in [5.41, 5.74) is 2.92. The van der Waals surface area contributed by atoms with Gasteiger partial charge in [-0.15, -0.1) is 12.4 Å². The van der Waals surface area contributed by atoms with Crippen LogP contribution in [0.1, 0.15) is 35.1 Å². The molecule has 1 unspecified atom stereocenters. The lowest BCUT2D eigenvalue weighted by atomic mass is 9.89. The molecule has 0 fully saturated rings. The first kappa shape index (κ1) is 19.3. The van der Waals surface area contributed by atoms with Crippen LogP contribution in [0, 0.1) is 0 Å². The fourth-order valence-corrected chi connectivity index (χ4v) is 3.11. The average molecular weight is 396 g/mol. The van der Waals surface area contributed by atoms with Crippen LogP contribution in [0.15, 0.2) is 47.5 Å². The van der Waals surface area contributed by atoms with Crippen molar-refractivity contribution in [2.45, 2.75) is 19.0 Å². The number of hydrogen-bond acceptors (Lipinski definition) is 3. The molecule has 2 aliphatic heterocycles. The summed E-state index contributed by atoms with van der Waals surface area (Å²) in [6, 6.07) is 8.97. The van der Waals surface area contributed by atoms with E-state index in [4.69, 9.17) is 9.47 Å². The van der Waals surface area contributed by atoms with Gasteiger partial charge in [0.05, 0.1) is 11.3 Å². The first-order valence-electron chi connectivity index (χ1n) is 8.25. The predicted octanol–water partition coefficient (Wildman–Crippen LogP) is 5.48. The molecular weight excluding hydrogens is 379 g/mol. The van der Waals surface area contributed by atoms with Gasteiger partial charge in [-0.3, -0.25) is 4.99 Å². The molecule has 0 radical (unpaired) electrons. The lowest BCUT2D eigenvalue weighted by molar-refractivity contribution is -0.137. The lowest BCUT2D eigenvalue weighted by Gasteiger charge is -2.21. The average Bonchev–Trinajstić information content (AvgIpc) is 3.07. The third-order valence-corrected chi connectivity index (χ3v) is 4.56. The molecule has 1 atom stereocenters. The number of alkyl halides is 3. The number of rotatable bonds is 2. The maximum atomic E-state index is 12.6. The molecule has 0 amide bonds. The minimum atomic E-state index is -4.33. The number of hydrogen-bond donors (Lipinski definition) is 0. The highest BCUT2D eigenvalue weighted by atomic mass is 35.5. The Balaban J connectivity index is 0.00000210. The molecule has 142 valence electrons. The van der Waals surface area contributed by atoms with Gasteiger partial charge in [-0.1, -0.05) is 25.1 Å². The summed E-state index contributed by atoms with van der Waals surface area (Å²) in [6.45, 7) is 2.96. The van der Waals surface area contributed by atoms with E-state index in [9.17, 15) is 13.2 Å². The maximum Gasteiger partial charge on any atom is 0.416 e. The molecule has 0 spiro atoms. The van der Waals surface area contributed by atoms with Crippen LogP contribution >= 0.6 is 12.4 Å². The standard InChI is InChI=1S/C20H16F3NO2.ClH/c1-12-10-24-17(16-9-19-18(8-15(12)16)25-11-26-19)7-4-13-2-5-14(6-3-13)20(21,22)23;/h2-9,12H,10-11H2,1H3;1H. The van der Waals surface area contributed by atoms with Crippen molar-refractivity contribution in [1.29, 1.82) is 0 Å². The largest absolute Gasteiger partial charge is 0.454 e. The van der Waals surface area contributed by atoms with Gasteiger partial charge in [-0.25, -0.2) is 0 Å². The number of halogens is 4. The molecule has 0 saturated carbocycles. The van der Waals surface area contributed by atoms with Crippen LogP contribution in [0.25, 0.3) is 6.08 Å². The van der Waals surface area contributed by atoms with Crippen molar-refractivity contribution >= 4 is 24.2 Å². The van der Waals surface area contributed by atoms with Crippen LogP contribution in [0.3, 0.4) is 0 Å². The zero-order chi connectivity index (χ0) is 18.3. The fourth-order valence-electron chi connectivity index (χ4n) is 3.11. The predicted molar refractivity (Wildman–Crippen MR) is 100 cm³/mol. The quantitative estimate of drug-likeness (QED) is 0.674. The molecule has 0 aliphatic carbocycles. The molecule has 7 heteroatoms. The molecule has 4 rings (SSSR count). The van der Waals surface area contributed by atoms with Gasteiger partial charge in [0, 0.05) is 18.0 Å². The van der Waals surface area contributed by atoms with E-state index in [2.05, 4.69) is 11.9 Å². The Kier molecular flexibility index (Phi) is 5.20. The Bertz CT molecular complexity index is 905. The molecule has 2 heterocycles. The highest BCUT2D eigenvalue weighted by Gasteiger charge is 2.30. The fraction of sp³-hybridized carbons (Fsp3) is 0.250. The van der Waals surface area contributed by atoms with Crippen LogP contribution in [-0.2, 0) is 6.18 Å². The summed E-state index contributed by atoms with van der Waals surface area (Å²) in [5, 5.41) is 0. The maximum absolute atomic E-state index is 12.6. The lowest BCUT2D eigenvalue weighted by Crippen LogP contribution is -2.14. The molecule has 0 aromatic heterocycles. The highest BCUT2D eigenvalue weighted by molar-refractivity contribution is 6.12. The van der Waals surface area contributed by atoms with E-state index < -0.39 is 11.7 Å². The van der Waals surface area contributed by atoms with Crippen molar-refractivity contribution in [2.24, 2.45) is 4.99 Å². The summed E-state index contributed by atoms with van der Waals surface area (Å²) in [6.07, 6.45) is -0.730. The van der Waals surface area contributed by atoms with Crippen molar-refractivity contribution in [3.05, 3.63) is 64.7 Å². The Morgan fingerprint density at radius 1 is 1.04 bits per heavy atom. The van der Waals surface area contributed by atoms with E-state index in [-0.39, 0.29) is 25.1 Å². The summed E-state index contributed by atoms with van der Waals surface area (Å²) in [5.74, 6) is 1.69. The van der Waals surface area contributed by atoms with Crippen molar-refractivity contribution in [3.63, 3.8) is 0 Å². The van der Waals surface area contributed by atoms with Crippen LogP contribution in [0.2, 0.25) is 0 Å². The van der Waals surface area contributed by atoms with E-state index >= 15 is 0 Å². The molecule has 27 heavy (non-hydrogen) atoms. The SMILES string of the molecule is CC1CN=C(C=Cc2ccc(C(F)(F)F)cc2)c2cc3c(cc21)OCO3.Cl. The number of ether oxygens (including phenoxy) is 2. The summed E-state index contributed by atoms with van der Waals surface area (Å²) in [7, 11) is 0. The Morgan fingerprint density at radius 2 is 1.70 bits per heavy atom. The minimum Gasteiger partial charge on any atom is -0.454 e. The molecule has 2 aromatic carbocycles. The molecule has 0 saturated heterocycles. The van der Waals surface area contributed by atoms with Crippen molar-refractivity contribution in [2.75, 3.05) is 13.3 Å². The Morgan fingerprint density at radius 3 is 2.37 bits per heavy atom. The van der Waals surface area contributed by atoms with Crippen molar-refractivity contribution in [3.8, 4) is 11.5 Å². The van der Waals surface area contributed by atoms with E-state index in [1.165, 1.54) is 12.1 Å². The van der Waals surface area contributed by atoms with Crippen molar-refractivity contribution < 1.29 is 22.6 Å². The number of allylic oxidation sites excluding steroid dienone is 1. The number of nitrogens with zero attached hydrogens (tertiary/aromatic N) is 1. The second kappa shape index (κ2) is 7.27. The molecule has 0 bridgehead atoms. The normalized spacial score (nSPS) is 18.1. The highest BCUT2D eigenvalue weighted by Crippen LogP contribution is 2.39. The molecular formula is C20H17ClF3NO2. The molecule has 0 N–H and O–H groups in total. The van der Waals surface area contributed by atoms with Gasteiger partial charge in [0.25, 0.3) is 0 Å². The number of fused-ring (bicyclic) bond motifs is 2. The van der Waals surface area contributed by atoms with Gasteiger partial charge in [0.1, 0.15) is 0 Å². The van der Waals surface area contributed by atoms with Gasteiger partial charge in [0.2, 0.25) is 6.79 Å². The van der Waals surface area contributed by atoms with Gasteiger partial charge < -0.3 is 9.47 Å². The Hall–Kier alpha value is -2.47.